The summed E-state index contributed by atoms with van der Waals surface area (Å²) in [6.45, 7) is 6.85. The lowest BCUT2D eigenvalue weighted by atomic mass is 10.3. The number of ether oxygens (including phenoxy) is 3. The van der Waals surface area contributed by atoms with Crippen LogP contribution in [0.25, 0.3) is 0 Å². The molecule has 0 spiro atoms. The fraction of sp³-hybridized carbons (Fsp3) is 0.538. The van der Waals surface area contributed by atoms with Crippen LogP contribution in [0.5, 0.6) is 17.2 Å². The third kappa shape index (κ3) is 3.96. The first-order valence-corrected chi connectivity index (χ1v) is 6.02. The molecule has 18 heavy (non-hydrogen) atoms. The van der Waals surface area contributed by atoms with Crippen molar-refractivity contribution in [2.24, 2.45) is 0 Å². The lowest BCUT2D eigenvalue weighted by Crippen LogP contribution is -3.00. The number of para-hydroxylation sites is 1. The van der Waals surface area contributed by atoms with E-state index in [2.05, 4.69) is 19.2 Å². The molecule has 1 heterocycles. The summed E-state index contributed by atoms with van der Waals surface area (Å²) in [5, 5.41) is 3.30. The van der Waals surface area contributed by atoms with Gasteiger partial charge in [-0.05, 0) is 12.1 Å². The van der Waals surface area contributed by atoms with Gasteiger partial charge in [0.1, 0.15) is 19.8 Å². The minimum Gasteiger partial charge on any atom is -1.00 e. The van der Waals surface area contributed by atoms with E-state index in [4.69, 9.17) is 14.2 Å². The molecule has 0 saturated carbocycles. The second-order valence-electron chi connectivity index (χ2n) is 4.24. The largest absolute Gasteiger partial charge is 1.00 e. The molecular formula is C13H19ClNO3-. The van der Waals surface area contributed by atoms with Gasteiger partial charge >= 0.3 is 0 Å². The lowest BCUT2D eigenvalue weighted by Gasteiger charge is -2.21. The van der Waals surface area contributed by atoms with Crippen LogP contribution in [0.4, 0.5) is 0 Å². The van der Waals surface area contributed by atoms with E-state index in [1.165, 1.54) is 0 Å². The van der Waals surface area contributed by atoms with Crippen LogP contribution in [0.15, 0.2) is 18.2 Å². The van der Waals surface area contributed by atoms with E-state index < -0.39 is 0 Å². The second-order valence-corrected chi connectivity index (χ2v) is 4.24. The molecular weight excluding hydrogens is 254 g/mol. The van der Waals surface area contributed by atoms with Crippen molar-refractivity contribution in [3.05, 3.63) is 18.2 Å². The number of nitrogens with one attached hydrogen (secondary N) is 1. The van der Waals surface area contributed by atoms with E-state index in [9.17, 15) is 0 Å². The molecule has 0 unspecified atom stereocenters. The second kappa shape index (κ2) is 7.34. The Kier molecular flexibility index (Phi) is 6.09. The number of hydrogen-bond acceptors (Lipinski definition) is 4. The summed E-state index contributed by atoms with van der Waals surface area (Å²) < 4.78 is 16.7. The quantitative estimate of drug-likeness (QED) is 0.687. The molecule has 1 aromatic carbocycles. The summed E-state index contributed by atoms with van der Waals surface area (Å²) in [6, 6.07) is 6.19. The molecule has 0 saturated heterocycles. The van der Waals surface area contributed by atoms with Gasteiger partial charge in [0.25, 0.3) is 0 Å². The number of hydrogen-bond donors (Lipinski definition) is 1. The SMILES string of the molecule is CC(C)NCCOc1cccc2c1OCCO2.[Cl-]. The summed E-state index contributed by atoms with van der Waals surface area (Å²) in [5.41, 5.74) is 0. The summed E-state index contributed by atoms with van der Waals surface area (Å²) in [7, 11) is 0. The zero-order valence-electron chi connectivity index (χ0n) is 10.7. The van der Waals surface area contributed by atoms with Crippen LogP contribution in [-0.4, -0.2) is 32.4 Å². The van der Waals surface area contributed by atoms with Crippen molar-refractivity contribution < 1.29 is 26.6 Å². The standard InChI is InChI=1S/C13H19NO3.ClH/c1-10(2)14-6-7-15-11-4-3-5-12-13(11)17-9-8-16-12;/h3-5,10,14H,6-9H2,1-2H3;1H/p-1. The Morgan fingerprint density at radius 2 is 2.06 bits per heavy atom. The van der Waals surface area contributed by atoms with E-state index in [-0.39, 0.29) is 12.4 Å². The first-order chi connectivity index (χ1) is 8.27. The summed E-state index contributed by atoms with van der Waals surface area (Å²) in [5.74, 6) is 2.25. The molecule has 1 aliphatic heterocycles. The predicted octanol–water partition coefficient (Wildman–Crippen LogP) is -1.16. The van der Waals surface area contributed by atoms with Crippen LogP contribution in [-0.2, 0) is 0 Å². The summed E-state index contributed by atoms with van der Waals surface area (Å²) >= 11 is 0. The summed E-state index contributed by atoms with van der Waals surface area (Å²) in [6.07, 6.45) is 0. The molecule has 0 atom stereocenters. The normalized spacial score (nSPS) is 13.1. The van der Waals surface area contributed by atoms with Gasteiger partial charge in [0.2, 0.25) is 5.75 Å². The molecule has 0 fully saturated rings. The van der Waals surface area contributed by atoms with Gasteiger partial charge in [-0.25, -0.2) is 0 Å². The Morgan fingerprint density at radius 3 is 2.83 bits per heavy atom. The monoisotopic (exact) mass is 272 g/mol. The highest BCUT2D eigenvalue weighted by atomic mass is 35.5. The third-order valence-electron chi connectivity index (χ3n) is 2.44. The maximum atomic E-state index is 5.69. The van der Waals surface area contributed by atoms with Gasteiger partial charge in [-0.1, -0.05) is 19.9 Å². The van der Waals surface area contributed by atoms with Crippen LogP contribution in [0, 0.1) is 0 Å². The van der Waals surface area contributed by atoms with E-state index in [0.29, 0.717) is 25.9 Å². The topological polar surface area (TPSA) is 39.7 Å². The molecule has 1 N–H and O–H groups in total. The highest BCUT2D eigenvalue weighted by molar-refractivity contribution is 5.51. The number of fused-ring (bicyclic) bond motifs is 1. The van der Waals surface area contributed by atoms with E-state index in [0.717, 1.165) is 23.8 Å². The van der Waals surface area contributed by atoms with Crippen LogP contribution in [0.1, 0.15) is 13.8 Å². The van der Waals surface area contributed by atoms with Gasteiger partial charge in [-0.3, -0.25) is 0 Å². The van der Waals surface area contributed by atoms with Crippen molar-refractivity contribution in [3.63, 3.8) is 0 Å². The molecule has 102 valence electrons. The molecule has 0 radical (unpaired) electrons. The molecule has 5 heteroatoms. The first kappa shape index (κ1) is 14.9. The minimum absolute atomic E-state index is 0. The molecule has 0 bridgehead atoms. The van der Waals surface area contributed by atoms with Crippen LogP contribution in [0.3, 0.4) is 0 Å². The first-order valence-electron chi connectivity index (χ1n) is 6.02. The van der Waals surface area contributed by atoms with Crippen LogP contribution in [0.2, 0.25) is 0 Å². The number of rotatable bonds is 5. The Hall–Kier alpha value is -1.13. The van der Waals surface area contributed by atoms with Gasteiger partial charge < -0.3 is 31.9 Å². The molecule has 1 aromatic rings. The van der Waals surface area contributed by atoms with E-state index in [1.54, 1.807) is 0 Å². The van der Waals surface area contributed by atoms with E-state index in [1.807, 2.05) is 18.2 Å². The smallest absolute Gasteiger partial charge is 0.203 e. The maximum Gasteiger partial charge on any atom is 0.203 e. The average molecular weight is 273 g/mol. The van der Waals surface area contributed by atoms with Crippen molar-refractivity contribution in [2.75, 3.05) is 26.4 Å². The van der Waals surface area contributed by atoms with Crippen molar-refractivity contribution in [2.45, 2.75) is 19.9 Å². The Morgan fingerprint density at radius 1 is 1.28 bits per heavy atom. The molecule has 1 aliphatic rings. The molecule has 0 aliphatic carbocycles. The zero-order valence-corrected chi connectivity index (χ0v) is 11.5. The van der Waals surface area contributed by atoms with Crippen LogP contribution >= 0.6 is 0 Å². The molecule has 2 rings (SSSR count). The van der Waals surface area contributed by atoms with Gasteiger partial charge in [-0.15, -0.1) is 0 Å². The van der Waals surface area contributed by atoms with Crippen molar-refractivity contribution in [3.8, 4) is 17.2 Å². The van der Waals surface area contributed by atoms with Gasteiger partial charge in [0, 0.05) is 12.6 Å². The van der Waals surface area contributed by atoms with Gasteiger partial charge in [-0.2, -0.15) is 0 Å². The maximum absolute atomic E-state index is 5.69. The zero-order chi connectivity index (χ0) is 12.1. The Bertz CT molecular complexity index is 371. The fourth-order valence-corrected chi connectivity index (χ4v) is 1.67. The van der Waals surface area contributed by atoms with Crippen molar-refractivity contribution >= 4 is 0 Å². The molecule has 4 nitrogen and oxygen atoms in total. The van der Waals surface area contributed by atoms with Crippen molar-refractivity contribution in [1.29, 1.82) is 0 Å². The molecule has 0 aromatic heterocycles. The molecule has 0 amide bonds. The Balaban J connectivity index is 0.00000162. The van der Waals surface area contributed by atoms with Gasteiger partial charge in [0.15, 0.2) is 11.5 Å². The number of halogens is 1. The van der Waals surface area contributed by atoms with Crippen molar-refractivity contribution in [1.82, 2.24) is 5.32 Å². The highest BCUT2D eigenvalue weighted by Crippen LogP contribution is 2.38. The van der Waals surface area contributed by atoms with E-state index >= 15 is 0 Å². The van der Waals surface area contributed by atoms with Gasteiger partial charge in [0.05, 0.1) is 0 Å². The third-order valence-corrected chi connectivity index (χ3v) is 2.44. The Labute approximate surface area is 114 Å². The minimum atomic E-state index is 0. The number of benzene rings is 1. The highest BCUT2D eigenvalue weighted by Gasteiger charge is 2.16. The lowest BCUT2D eigenvalue weighted by molar-refractivity contribution is -0.00000466. The summed E-state index contributed by atoms with van der Waals surface area (Å²) in [4.78, 5) is 0. The van der Waals surface area contributed by atoms with Crippen LogP contribution < -0.4 is 31.9 Å². The average Bonchev–Trinajstić information content (AvgIpc) is 2.34. The fourth-order valence-electron chi connectivity index (χ4n) is 1.67. The predicted molar refractivity (Wildman–Crippen MR) is 66.1 cm³/mol.